The highest BCUT2D eigenvalue weighted by Gasteiger charge is 2.10. The second kappa shape index (κ2) is 7.36. The highest BCUT2D eigenvalue weighted by atomic mass is 32.1. The van der Waals surface area contributed by atoms with Gasteiger partial charge in [-0.25, -0.2) is 4.98 Å². The van der Waals surface area contributed by atoms with Gasteiger partial charge in [-0.15, -0.1) is 11.3 Å². The molecule has 0 spiro atoms. The quantitative estimate of drug-likeness (QED) is 0.784. The number of pyridine rings is 1. The zero-order chi connectivity index (χ0) is 13.5. The molecule has 0 aromatic carbocycles. The first-order valence-corrected chi connectivity index (χ1v) is 7.76. The predicted molar refractivity (Wildman–Crippen MR) is 81.3 cm³/mol. The fraction of sp³-hybridized carbons (Fsp3) is 0.467. The van der Waals surface area contributed by atoms with Crippen LogP contribution in [0.25, 0.3) is 10.6 Å². The molecule has 0 bridgehead atoms. The van der Waals surface area contributed by atoms with Crippen molar-refractivity contribution >= 4 is 11.3 Å². The van der Waals surface area contributed by atoms with Gasteiger partial charge in [0.1, 0.15) is 5.01 Å². The lowest BCUT2D eigenvalue weighted by Crippen LogP contribution is -2.14. The second-order valence-electron chi connectivity index (χ2n) is 4.51. The van der Waals surface area contributed by atoms with Crippen molar-refractivity contribution in [1.82, 2.24) is 15.3 Å². The minimum atomic E-state index is 0.936. The topological polar surface area (TPSA) is 37.8 Å². The van der Waals surface area contributed by atoms with Crippen LogP contribution < -0.4 is 5.32 Å². The molecule has 0 aliphatic carbocycles. The third kappa shape index (κ3) is 3.85. The van der Waals surface area contributed by atoms with Crippen molar-refractivity contribution in [2.45, 2.75) is 39.7 Å². The van der Waals surface area contributed by atoms with E-state index in [1.54, 1.807) is 11.3 Å². The van der Waals surface area contributed by atoms with Crippen molar-refractivity contribution in [3.8, 4) is 10.6 Å². The summed E-state index contributed by atoms with van der Waals surface area (Å²) in [5.41, 5.74) is 2.38. The summed E-state index contributed by atoms with van der Waals surface area (Å²) in [6.07, 6.45) is 7.10. The first kappa shape index (κ1) is 14.2. The van der Waals surface area contributed by atoms with E-state index in [0.717, 1.165) is 30.1 Å². The molecule has 3 nitrogen and oxygen atoms in total. The van der Waals surface area contributed by atoms with E-state index in [0.29, 0.717) is 0 Å². The standard InChI is InChI=1S/C15H21N3S/c1-3-5-8-17-11-14-13(4-2)18-15(19-14)12-6-9-16-10-7-12/h6-7,9-10,17H,3-5,8,11H2,1-2H3. The molecule has 0 atom stereocenters. The Morgan fingerprint density at radius 3 is 2.68 bits per heavy atom. The number of aromatic nitrogens is 2. The van der Waals surface area contributed by atoms with Crippen LogP contribution in [-0.2, 0) is 13.0 Å². The summed E-state index contributed by atoms with van der Waals surface area (Å²) in [6.45, 7) is 6.41. The number of unbranched alkanes of at least 4 members (excludes halogenated alkanes) is 1. The maximum absolute atomic E-state index is 4.75. The van der Waals surface area contributed by atoms with Crippen LogP contribution in [0.4, 0.5) is 0 Å². The van der Waals surface area contributed by atoms with Crippen LogP contribution in [0.5, 0.6) is 0 Å². The second-order valence-corrected chi connectivity index (χ2v) is 5.59. The van der Waals surface area contributed by atoms with E-state index >= 15 is 0 Å². The number of nitrogens with zero attached hydrogens (tertiary/aromatic N) is 2. The van der Waals surface area contributed by atoms with Crippen LogP contribution in [0, 0.1) is 0 Å². The molecule has 2 aromatic rings. The third-order valence-corrected chi connectivity index (χ3v) is 4.18. The Morgan fingerprint density at radius 1 is 1.21 bits per heavy atom. The van der Waals surface area contributed by atoms with Gasteiger partial charge in [0, 0.05) is 29.4 Å². The molecular formula is C15H21N3S. The Bertz CT molecular complexity index is 493. The molecule has 102 valence electrons. The molecule has 2 heterocycles. The van der Waals surface area contributed by atoms with Gasteiger partial charge >= 0.3 is 0 Å². The van der Waals surface area contributed by atoms with Gasteiger partial charge in [0.2, 0.25) is 0 Å². The Kier molecular flexibility index (Phi) is 5.48. The highest BCUT2D eigenvalue weighted by Crippen LogP contribution is 2.28. The molecule has 0 radical (unpaired) electrons. The van der Waals surface area contributed by atoms with E-state index < -0.39 is 0 Å². The first-order valence-electron chi connectivity index (χ1n) is 6.94. The fourth-order valence-electron chi connectivity index (χ4n) is 1.92. The van der Waals surface area contributed by atoms with Crippen molar-refractivity contribution in [1.29, 1.82) is 0 Å². The monoisotopic (exact) mass is 275 g/mol. The Labute approximate surface area is 119 Å². The van der Waals surface area contributed by atoms with Gasteiger partial charge in [-0.05, 0) is 31.5 Å². The van der Waals surface area contributed by atoms with E-state index in [9.17, 15) is 0 Å². The highest BCUT2D eigenvalue weighted by molar-refractivity contribution is 7.15. The van der Waals surface area contributed by atoms with Gasteiger partial charge in [0.25, 0.3) is 0 Å². The van der Waals surface area contributed by atoms with Crippen LogP contribution in [0.1, 0.15) is 37.3 Å². The van der Waals surface area contributed by atoms with Crippen LogP contribution >= 0.6 is 11.3 Å². The van der Waals surface area contributed by atoms with Crippen molar-refractivity contribution in [3.63, 3.8) is 0 Å². The van der Waals surface area contributed by atoms with E-state index in [4.69, 9.17) is 4.98 Å². The summed E-state index contributed by atoms with van der Waals surface area (Å²) in [7, 11) is 0. The average molecular weight is 275 g/mol. The SMILES string of the molecule is CCCCNCc1sc(-c2ccncc2)nc1CC. The van der Waals surface area contributed by atoms with E-state index in [-0.39, 0.29) is 0 Å². The lowest BCUT2D eigenvalue weighted by atomic mass is 10.2. The normalized spacial score (nSPS) is 10.8. The smallest absolute Gasteiger partial charge is 0.124 e. The van der Waals surface area contributed by atoms with Crippen LogP contribution in [0.2, 0.25) is 0 Å². The fourth-order valence-corrected chi connectivity index (χ4v) is 3.04. The predicted octanol–water partition coefficient (Wildman–Crippen LogP) is 3.66. The zero-order valence-corrected chi connectivity index (χ0v) is 12.5. The Hall–Kier alpha value is -1.26. The number of hydrogen-bond donors (Lipinski definition) is 1. The molecule has 0 amide bonds. The molecular weight excluding hydrogens is 254 g/mol. The van der Waals surface area contributed by atoms with Gasteiger partial charge < -0.3 is 5.32 Å². The lowest BCUT2D eigenvalue weighted by Gasteiger charge is -2.02. The van der Waals surface area contributed by atoms with Crippen LogP contribution in [-0.4, -0.2) is 16.5 Å². The number of rotatable bonds is 7. The van der Waals surface area contributed by atoms with Crippen molar-refractivity contribution in [3.05, 3.63) is 35.1 Å². The molecule has 0 saturated carbocycles. The number of aryl methyl sites for hydroxylation is 1. The molecule has 4 heteroatoms. The molecule has 0 unspecified atom stereocenters. The lowest BCUT2D eigenvalue weighted by molar-refractivity contribution is 0.642. The summed E-state index contributed by atoms with van der Waals surface area (Å²) in [5.74, 6) is 0. The molecule has 1 N–H and O–H groups in total. The number of thiazole rings is 1. The van der Waals surface area contributed by atoms with Gasteiger partial charge in [-0.2, -0.15) is 0 Å². The summed E-state index contributed by atoms with van der Waals surface area (Å²) in [4.78, 5) is 10.2. The van der Waals surface area contributed by atoms with Crippen molar-refractivity contribution in [2.24, 2.45) is 0 Å². The van der Waals surface area contributed by atoms with Crippen LogP contribution in [0.3, 0.4) is 0 Å². The molecule has 0 aliphatic heterocycles. The molecule has 19 heavy (non-hydrogen) atoms. The van der Waals surface area contributed by atoms with Gasteiger partial charge in [0.05, 0.1) is 5.69 Å². The largest absolute Gasteiger partial charge is 0.312 e. The maximum Gasteiger partial charge on any atom is 0.124 e. The summed E-state index contributed by atoms with van der Waals surface area (Å²) in [5, 5.41) is 4.60. The number of hydrogen-bond acceptors (Lipinski definition) is 4. The molecule has 0 fully saturated rings. The maximum atomic E-state index is 4.75. The minimum absolute atomic E-state index is 0.936. The van der Waals surface area contributed by atoms with Crippen LogP contribution in [0.15, 0.2) is 24.5 Å². The Morgan fingerprint density at radius 2 is 2.00 bits per heavy atom. The van der Waals surface area contributed by atoms with Gasteiger partial charge in [-0.3, -0.25) is 4.98 Å². The molecule has 0 aliphatic rings. The van der Waals surface area contributed by atoms with Gasteiger partial charge in [-0.1, -0.05) is 20.3 Å². The summed E-state index contributed by atoms with van der Waals surface area (Å²) >= 11 is 1.79. The number of nitrogens with one attached hydrogen (secondary N) is 1. The van der Waals surface area contributed by atoms with Crippen molar-refractivity contribution < 1.29 is 0 Å². The van der Waals surface area contributed by atoms with Crippen molar-refractivity contribution in [2.75, 3.05) is 6.54 Å². The molecule has 2 rings (SSSR count). The van der Waals surface area contributed by atoms with E-state index in [1.165, 1.54) is 23.4 Å². The Balaban J connectivity index is 2.09. The third-order valence-electron chi connectivity index (χ3n) is 3.03. The first-order chi connectivity index (χ1) is 9.35. The van der Waals surface area contributed by atoms with E-state index in [2.05, 4.69) is 24.1 Å². The molecule has 0 saturated heterocycles. The minimum Gasteiger partial charge on any atom is -0.312 e. The molecule has 2 aromatic heterocycles. The summed E-state index contributed by atoms with van der Waals surface area (Å²) in [6, 6.07) is 4.04. The van der Waals surface area contributed by atoms with Gasteiger partial charge in [0.15, 0.2) is 0 Å². The zero-order valence-electron chi connectivity index (χ0n) is 11.6. The van der Waals surface area contributed by atoms with E-state index in [1.807, 2.05) is 24.5 Å². The summed E-state index contributed by atoms with van der Waals surface area (Å²) < 4.78 is 0. The average Bonchev–Trinajstić information content (AvgIpc) is 2.88.